The van der Waals surface area contributed by atoms with Crippen molar-refractivity contribution in [2.24, 2.45) is 0 Å². The molecular formula is C20H20ClN3O2S. The Morgan fingerprint density at radius 2 is 1.85 bits per heavy atom. The van der Waals surface area contributed by atoms with Crippen LogP contribution in [0.5, 0.6) is 0 Å². The van der Waals surface area contributed by atoms with Gasteiger partial charge in [-0.3, -0.25) is 4.98 Å². The van der Waals surface area contributed by atoms with Gasteiger partial charge in [-0.2, -0.15) is 0 Å². The summed E-state index contributed by atoms with van der Waals surface area (Å²) in [6, 6.07) is 14.4. The number of hydrogen-bond donors (Lipinski definition) is 2. The van der Waals surface area contributed by atoms with E-state index in [0.29, 0.717) is 30.0 Å². The molecule has 2 aromatic carbocycles. The van der Waals surface area contributed by atoms with Gasteiger partial charge in [0.25, 0.3) is 0 Å². The Morgan fingerprint density at radius 1 is 1.04 bits per heavy atom. The predicted octanol–water partition coefficient (Wildman–Crippen LogP) is 3.47. The Bertz CT molecular complexity index is 1030. The largest absolute Gasteiger partial charge is 0.312 e. The predicted molar refractivity (Wildman–Crippen MR) is 110 cm³/mol. The first-order valence-corrected chi connectivity index (χ1v) is 10.4. The maximum Gasteiger partial charge on any atom is 0.241 e. The van der Waals surface area contributed by atoms with Gasteiger partial charge in [-0.05, 0) is 29.8 Å². The summed E-state index contributed by atoms with van der Waals surface area (Å²) in [5.41, 5.74) is 1.06. The first-order valence-electron chi connectivity index (χ1n) is 8.51. The van der Waals surface area contributed by atoms with Crippen LogP contribution in [0, 0.1) is 0 Å². The van der Waals surface area contributed by atoms with Crippen LogP contribution in [0.4, 0.5) is 0 Å². The van der Waals surface area contributed by atoms with E-state index in [1.54, 1.807) is 30.6 Å². The number of hydrogen-bond acceptors (Lipinski definition) is 4. The molecule has 0 bridgehead atoms. The van der Waals surface area contributed by atoms with Crippen molar-refractivity contribution in [1.29, 1.82) is 0 Å². The van der Waals surface area contributed by atoms with Gasteiger partial charge < -0.3 is 5.32 Å². The lowest BCUT2D eigenvalue weighted by atomic mass is 10.2. The number of halogens is 1. The fourth-order valence-corrected chi connectivity index (χ4v) is 4.02. The molecule has 0 radical (unpaired) electrons. The van der Waals surface area contributed by atoms with E-state index in [9.17, 15) is 8.42 Å². The van der Waals surface area contributed by atoms with Crippen molar-refractivity contribution in [3.8, 4) is 0 Å². The summed E-state index contributed by atoms with van der Waals surface area (Å²) in [7, 11) is -3.57. The topological polar surface area (TPSA) is 71.1 Å². The first-order chi connectivity index (χ1) is 13.1. The zero-order valence-electron chi connectivity index (χ0n) is 14.6. The maximum absolute atomic E-state index is 12.6. The fraction of sp³-hybridized carbons (Fsp3) is 0.150. The van der Waals surface area contributed by atoms with Gasteiger partial charge in [0.05, 0.1) is 4.90 Å². The van der Waals surface area contributed by atoms with Crippen molar-refractivity contribution in [2.75, 3.05) is 19.6 Å². The zero-order chi connectivity index (χ0) is 19.1. The molecule has 0 atom stereocenters. The highest BCUT2D eigenvalue weighted by atomic mass is 35.5. The van der Waals surface area contributed by atoms with Gasteiger partial charge in [-0.1, -0.05) is 48.0 Å². The highest BCUT2D eigenvalue weighted by Crippen LogP contribution is 2.21. The summed E-state index contributed by atoms with van der Waals surface area (Å²) in [6.07, 6.45) is 7.21. The molecular weight excluding hydrogens is 382 g/mol. The fourth-order valence-electron chi connectivity index (χ4n) is 2.63. The Labute approximate surface area is 164 Å². The number of nitrogens with zero attached hydrogens (tertiary/aromatic N) is 1. The molecule has 7 heteroatoms. The van der Waals surface area contributed by atoms with Gasteiger partial charge in [0, 0.05) is 47.8 Å². The number of sulfonamides is 1. The van der Waals surface area contributed by atoms with Crippen LogP contribution in [-0.2, 0) is 10.0 Å². The van der Waals surface area contributed by atoms with Crippen molar-refractivity contribution < 1.29 is 8.42 Å². The second-order valence-corrected chi connectivity index (χ2v) is 8.08. The summed E-state index contributed by atoms with van der Waals surface area (Å²) in [5, 5.41) is 5.35. The van der Waals surface area contributed by atoms with Crippen LogP contribution in [-0.4, -0.2) is 33.0 Å². The lowest BCUT2D eigenvalue weighted by molar-refractivity contribution is 0.579. The smallest absolute Gasteiger partial charge is 0.241 e. The molecule has 0 aliphatic rings. The van der Waals surface area contributed by atoms with Gasteiger partial charge in [0.2, 0.25) is 10.0 Å². The van der Waals surface area contributed by atoms with E-state index in [-0.39, 0.29) is 4.90 Å². The molecule has 1 heterocycles. The Balaban J connectivity index is 1.49. The van der Waals surface area contributed by atoms with Crippen molar-refractivity contribution in [1.82, 2.24) is 15.0 Å². The molecule has 0 aliphatic heterocycles. The second-order valence-electron chi connectivity index (χ2n) is 5.91. The van der Waals surface area contributed by atoms with Crippen LogP contribution in [0.2, 0.25) is 5.02 Å². The molecule has 1 aromatic heterocycles. The molecule has 2 N–H and O–H groups in total. The standard InChI is InChI=1S/C20H20ClN3O2S/c21-18-8-6-16(7-9-18)3-2-11-22-13-14-24-27(25,26)20-5-1-4-17-15-23-12-10-19(17)20/h1-10,12,15,22,24H,11,13-14H2. The van der Waals surface area contributed by atoms with E-state index in [1.165, 1.54) is 0 Å². The molecule has 140 valence electrons. The van der Waals surface area contributed by atoms with Crippen LogP contribution >= 0.6 is 11.6 Å². The van der Waals surface area contributed by atoms with E-state index in [4.69, 9.17) is 11.6 Å². The average molecular weight is 402 g/mol. The van der Waals surface area contributed by atoms with E-state index in [0.717, 1.165) is 10.9 Å². The second kappa shape index (κ2) is 9.10. The number of nitrogens with one attached hydrogen (secondary N) is 2. The van der Waals surface area contributed by atoms with Gasteiger partial charge in [0.15, 0.2) is 0 Å². The van der Waals surface area contributed by atoms with Gasteiger partial charge >= 0.3 is 0 Å². The lowest BCUT2D eigenvalue weighted by Crippen LogP contribution is -2.32. The number of benzene rings is 2. The minimum atomic E-state index is -3.57. The molecule has 5 nitrogen and oxygen atoms in total. The maximum atomic E-state index is 12.6. The third kappa shape index (κ3) is 5.37. The summed E-state index contributed by atoms with van der Waals surface area (Å²) < 4.78 is 27.8. The van der Waals surface area contributed by atoms with Crippen LogP contribution in [0.25, 0.3) is 16.8 Å². The molecule has 0 fully saturated rings. The average Bonchev–Trinajstić information content (AvgIpc) is 2.68. The quantitative estimate of drug-likeness (QED) is 0.567. The summed E-state index contributed by atoms with van der Waals surface area (Å²) in [5.74, 6) is 0. The Kier molecular flexibility index (Phi) is 6.58. The molecule has 3 aromatic rings. The Morgan fingerprint density at radius 3 is 2.67 bits per heavy atom. The van der Waals surface area contributed by atoms with E-state index >= 15 is 0 Å². The van der Waals surface area contributed by atoms with E-state index in [1.807, 2.05) is 42.5 Å². The monoisotopic (exact) mass is 401 g/mol. The van der Waals surface area contributed by atoms with Crippen molar-refractivity contribution in [3.63, 3.8) is 0 Å². The molecule has 0 saturated heterocycles. The molecule has 0 spiro atoms. The zero-order valence-corrected chi connectivity index (χ0v) is 16.2. The molecule has 0 amide bonds. The molecule has 3 rings (SSSR count). The van der Waals surface area contributed by atoms with E-state index in [2.05, 4.69) is 15.0 Å². The molecule has 0 saturated carbocycles. The molecule has 27 heavy (non-hydrogen) atoms. The highest BCUT2D eigenvalue weighted by Gasteiger charge is 2.16. The number of rotatable bonds is 8. The molecule has 0 aliphatic carbocycles. The van der Waals surface area contributed by atoms with E-state index < -0.39 is 10.0 Å². The molecule has 0 unspecified atom stereocenters. The first kappa shape index (κ1) is 19.5. The summed E-state index contributed by atoms with van der Waals surface area (Å²) >= 11 is 5.85. The summed E-state index contributed by atoms with van der Waals surface area (Å²) in [6.45, 7) is 1.47. The third-order valence-electron chi connectivity index (χ3n) is 3.97. The minimum absolute atomic E-state index is 0.269. The SMILES string of the molecule is O=S(=O)(NCCNCC=Cc1ccc(Cl)cc1)c1cccc2cnccc12. The Hall–Kier alpha value is -2.25. The highest BCUT2D eigenvalue weighted by molar-refractivity contribution is 7.89. The third-order valence-corrected chi connectivity index (χ3v) is 5.74. The van der Waals surface area contributed by atoms with Crippen molar-refractivity contribution >= 4 is 38.5 Å². The van der Waals surface area contributed by atoms with Gasteiger partial charge in [-0.25, -0.2) is 13.1 Å². The minimum Gasteiger partial charge on any atom is -0.312 e. The van der Waals surface area contributed by atoms with Gasteiger partial charge in [0.1, 0.15) is 0 Å². The van der Waals surface area contributed by atoms with Crippen molar-refractivity contribution in [2.45, 2.75) is 4.90 Å². The summed E-state index contributed by atoms with van der Waals surface area (Å²) in [4.78, 5) is 4.30. The van der Waals surface area contributed by atoms with Crippen molar-refractivity contribution in [3.05, 3.63) is 77.6 Å². The van der Waals surface area contributed by atoms with Crippen LogP contribution < -0.4 is 10.0 Å². The normalized spacial score (nSPS) is 12.0. The number of fused-ring (bicyclic) bond motifs is 1. The lowest BCUT2D eigenvalue weighted by Gasteiger charge is -2.09. The van der Waals surface area contributed by atoms with Crippen LogP contribution in [0.15, 0.2) is 71.9 Å². The van der Waals surface area contributed by atoms with Crippen LogP contribution in [0.1, 0.15) is 5.56 Å². The van der Waals surface area contributed by atoms with Crippen LogP contribution in [0.3, 0.4) is 0 Å². The number of pyridine rings is 1. The van der Waals surface area contributed by atoms with Gasteiger partial charge in [-0.15, -0.1) is 0 Å². The number of aromatic nitrogens is 1.